The second-order valence-corrected chi connectivity index (χ2v) is 8.54. The number of nitrogens with zero attached hydrogens (tertiary/aromatic N) is 4. The van der Waals surface area contributed by atoms with Crippen molar-refractivity contribution in [2.45, 2.75) is 19.0 Å². The molecule has 1 fully saturated rings. The number of hydrogen-bond acceptors (Lipinski definition) is 7. The van der Waals surface area contributed by atoms with Crippen LogP contribution in [0.4, 0.5) is 11.6 Å². The fraction of sp³-hybridized carbons (Fsp3) is 0.348. The summed E-state index contributed by atoms with van der Waals surface area (Å²) >= 11 is 1.35. The minimum atomic E-state index is -0.134. The van der Waals surface area contributed by atoms with Gasteiger partial charge in [0.05, 0.1) is 37.5 Å². The Morgan fingerprint density at radius 3 is 2.53 bits per heavy atom. The number of ether oxygens (including phenoxy) is 2. The van der Waals surface area contributed by atoms with Crippen molar-refractivity contribution in [3.8, 4) is 11.4 Å². The molecule has 9 heteroatoms. The van der Waals surface area contributed by atoms with Gasteiger partial charge in [-0.2, -0.15) is 0 Å². The lowest BCUT2D eigenvalue weighted by Gasteiger charge is -2.28. The summed E-state index contributed by atoms with van der Waals surface area (Å²) in [6, 6.07) is 13.9. The number of amides is 1. The van der Waals surface area contributed by atoms with Crippen LogP contribution in [0.15, 0.2) is 47.6 Å². The van der Waals surface area contributed by atoms with Crippen molar-refractivity contribution in [3.63, 3.8) is 0 Å². The van der Waals surface area contributed by atoms with E-state index in [9.17, 15) is 4.79 Å². The molecule has 0 unspecified atom stereocenters. The van der Waals surface area contributed by atoms with E-state index in [1.807, 2.05) is 41.8 Å². The highest BCUT2D eigenvalue weighted by atomic mass is 32.2. The van der Waals surface area contributed by atoms with Crippen LogP contribution >= 0.6 is 11.8 Å². The summed E-state index contributed by atoms with van der Waals surface area (Å²) in [6.45, 7) is 6.85. The highest BCUT2D eigenvalue weighted by molar-refractivity contribution is 7.99. The summed E-state index contributed by atoms with van der Waals surface area (Å²) < 4.78 is 12.9. The number of rotatable bonds is 7. The lowest BCUT2D eigenvalue weighted by Crippen LogP contribution is -2.37. The summed E-state index contributed by atoms with van der Waals surface area (Å²) in [5.74, 6) is 1.46. The summed E-state index contributed by atoms with van der Waals surface area (Å²) in [5.41, 5.74) is 3.84. The molecule has 168 valence electrons. The van der Waals surface area contributed by atoms with E-state index in [4.69, 9.17) is 9.47 Å². The van der Waals surface area contributed by atoms with Gasteiger partial charge in [0, 0.05) is 13.1 Å². The first-order valence-corrected chi connectivity index (χ1v) is 11.5. The van der Waals surface area contributed by atoms with Gasteiger partial charge in [-0.25, -0.2) is 0 Å². The molecule has 4 rings (SSSR count). The molecular weight excluding hydrogens is 426 g/mol. The molecule has 1 amide bonds. The average molecular weight is 454 g/mol. The molecule has 0 saturated carbocycles. The molecule has 0 radical (unpaired) electrons. The van der Waals surface area contributed by atoms with Gasteiger partial charge in [0.2, 0.25) is 11.9 Å². The fourth-order valence-electron chi connectivity index (χ4n) is 3.48. The number of nitrogens with one attached hydrogen (secondary N) is 1. The van der Waals surface area contributed by atoms with Gasteiger partial charge in [0.1, 0.15) is 5.75 Å². The van der Waals surface area contributed by atoms with E-state index in [-0.39, 0.29) is 11.7 Å². The zero-order valence-corrected chi connectivity index (χ0v) is 19.3. The fourth-order valence-corrected chi connectivity index (χ4v) is 4.23. The minimum Gasteiger partial charge on any atom is -0.495 e. The lowest BCUT2D eigenvalue weighted by molar-refractivity contribution is -0.113. The molecule has 2 heterocycles. The normalized spacial score (nSPS) is 13.8. The molecule has 0 spiro atoms. The molecule has 8 nitrogen and oxygen atoms in total. The van der Waals surface area contributed by atoms with Crippen LogP contribution in [-0.4, -0.2) is 59.8 Å². The molecule has 3 aromatic rings. The summed E-state index contributed by atoms with van der Waals surface area (Å²) in [6.07, 6.45) is 0. The molecule has 0 bridgehead atoms. The number of thioether (sulfide) groups is 1. The number of aryl methyl sites for hydroxylation is 2. The molecule has 0 atom stereocenters. The number of benzene rings is 2. The van der Waals surface area contributed by atoms with E-state index < -0.39 is 0 Å². The minimum absolute atomic E-state index is 0.134. The second kappa shape index (κ2) is 10.1. The molecule has 2 aromatic carbocycles. The molecule has 1 aliphatic rings. The first-order valence-electron chi connectivity index (χ1n) is 10.5. The van der Waals surface area contributed by atoms with Crippen molar-refractivity contribution in [1.82, 2.24) is 14.8 Å². The Morgan fingerprint density at radius 1 is 1.09 bits per heavy atom. The number of morpholine rings is 1. The Balaban J connectivity index is 1.54. The van der Waals surface area contributed by atoms with Gasteiger partial charge in [-0.3, -0.25) is 9.36 Å². The zero-order chi connectivity index (χ0) is 22.5. The Hall–Kier alpha value is -3.04. The SMILES string of the molecule is COc1ccc(C)cc1NC(=O)CSc1nnc(N2CCOCC2)n1-c1ccc(C)cc1. The predicted molar refractivity (Wildman–Crippen MR) is 126 cm³/mol. The maximum Gasteiger partial charge on any atom is 0.234 e. The van der Waals surface area contributed by atoms with Gasteiger partial charge in [-0.1, -0.05) is 35.5 Å². The molecular formula is C23H27N5O3S. The van der Waals surface area contributed by atoms with Crippen LogP contribution in [0.1, 0.15) is 11.1 Å². The maximum absolute atomic E-state index is 12.7. The molecule has 1 aliphatic heterocycles. The smallest absolute Gasteiger partial charge is 0.234 e. The first kappa shape index (κ1) is 22.2. The van der Waals surface area contributed by atoms with Crippen LogP contribution in [0.2, 0.25) is 0 Å². The number of anilines is 2. The van der Waals surface area contributed by atoms with Crippen LogP contribution in [-0.2, 0) is 9.53 Å². The third kappa shape index (κ3) is 5.05. The van der Waals surface area contributed by atoms with Crippen LogP contribution in [0.5, 0.6) is 5.75 Å². The Labute approximate surface area is 191 Å². The van der Waals surface area contributed by atoms with Crippen LogP contribution in [0.25, 0.3) is 5.69 Å². The van der Waals surface area contributed by atoms with Crippen LogP contribution in [0, 0.1) is 13.8 Å². The van der Waals surface area contributed by atoms with E-state index in [0.29, 0.717) is 29.8 Å². The molecule has 1 aromatic heterocycles. The van der Waals surface area contributed by atoms with Crippen molar-refractivity contribution in [2.24, 2.45) is 0 Å². The number of hydrogen-bond donors (Lipinski definition) is 1. The molecule has 1 saturated heterocycles. The van der Waals surface area contributed by atoms with Gasteiger partial charge in [-0.05, 0) is 43.7 Å². The monoisotopic (exact) mass is 453 g/mol. The highest BCUT2D eigenvalue weighted by Crippen LogP contribution is 2.29. The summed E-state index contributed by atoms with van der Waals surface area (Å²) in [4.78, 5) is 14.9. The largest absolute Gasteiger partial charge is 0.495 e. The topological polar surface area (TPSA) is 81.5 Å². The zero-order valence-electron chi connectivity index (χ0n) is 18.5. The van der Waals surface area contributed by atoms with E-state index >= 15 is 0 Å². The van der Waals surface area contributed by atoms with E-state index in [1.54, 1.807) is 7.11 Å². The van der Waals surface area contributed by atoms with Gasteiger partial charge in [0.15, 0.2) is 5.16 Å². The van der Waals surface area contributed by atoms with E-state index in [0.717, 1.165) is 30.3 Å². The van der Waals surface area contributed by atoms with E-state index in [1.165, 1.54) is 17.3 Å². The lowest BCUT2D eigenvalue weighted by atomic mass is 10.2. The number of methoxy groups -OCH3 is 1. The van der Waals surface area contributed by atoms with Crippen molar-refractivity contribution < 1.29 is 14.3 Å². The predicted octanol–water partition coefficient (Wildman–Crippen LogP) is 3.46. The Morgan fingerprint density at radius 2 is 1.81 bits per heavy atom. The van der Waals surface area contributed by atoms with Gasteiger partial charge in [-0.15, -0.1) is 10.2 Å². The standard InChI is InChI=1S/C23H27N5O3S/c1-16-4-7-18(8-5-16)28-22(27-10-12-31-13-11-27)25-26-23(28)32-15-21(29)24-19-14-17(2)6-9-20(19)30-3/h4-9,14H,10-13,15H2,1-3H3,(H,24,29). The Kier molecular flexibility index (Phi) is 6.96. The second-order valence-electron chi connectivity index (χ2n) is 7.59. The summed E-state index contributed by atoms with van der Waals surface area (Å²) in [7, 11) is 1.59. The third-order valence-electron chi connectivity index (χ3n) is 5.16. The van der Waals surface area contributed by atoms with E-state index in [2.05, 4.69) is 39.5 Å². The van der Waals surface area contributed by atoms with Crippen LogP contribution < -0.4 is 15.0 Å². The number of aromatic nitrogens is 3. The van der Waals surface area contributed by atoms with Crippen molar-refractivity contribution in [1.29, 1.82) is 0 Å². The molecule has 1 N–H and O–H groups in total. The van der Waals surface area contributed by atoms with Crippen molar-refractivity contribution in [3.05, 3.63) is 53.6 Å². The maximum atomic E-state index is 12.7. The first-order chi connectivity index (χ1) is 15.5. The van der Waals surface area contributed by atoms with Gasteiger partial charge < -0.3 is 19.7 Å². The van der Waals surface area contributed by atoms with Crippen LogP contribution in [0.3, 0.4) is 0 Å². The highest BCUT2D eigenvalue weighted by Gasteiger charge is 2.22. The van der Waals surface area contributed by atoms with Gasteiger partial charge in [0.25, 0.3) is 0 Å². The van der Waals surface area contributed by atoms with Gasteiger partial charge >= 0.3 is 0 Å². The average Bonchev–Trinajstić information content (AvgIpc) is 3.23. The van der Waals surface area contributed by atoms with Crippen molar-refractivity contribution in [2.75, 3.05) is 49.4 Å². The van der Waals surface area contributed by atoms with Crippen molar-refractivity contribution >= 4 is 29.3 Å². The quantitative estimate of drug-likeness (QED) is 0.549. The summed E-state index contributed by atoms with van der Waals surface area (Å²) in [5, 5.41) is 12.5. The number of carbonyl (C=O) groups is 1. The Bertz CT molecular complexity index is 1080. The third-order valence-corrected chi connectivity index (χ3v) is 6.09. The number of carbonyl (C=O) groups excluding carboxylic acids is 1. The molecule has 32 heavy (non-hydrogen) atoms. The molecule has 0 aliphatic carbocycles.